The van der Waals surface area contributed by atoms with Crippen LogP contribution in [0.5, 0.6) is 5.75 Å². The third-order valence-corrected chi connectivity index (χ3v) is 3.22. The number of aliphatic hydroxyl groups is 2. The molecule has 0 fully saturated rings. The molecule has 106 valence electrons. The van der Waals surface area contributed by atoms with Gasteiger partial charge < -0.3 is 14.9 Å². The van der Waals surface area contributed by atoms with Gasteiger partial charge >= 0.3 is 5.69 Å². The minimum absolute atomic E-state index is 0.0181. The van der Waals surface area contributed by atoms with E-state index in [0.717, 1.165) is 0 Å². The van der Waals surface area contributed by atoms with Crippen LogP contribution in [0, 0.1) is 10.1 Å². The zero-order chi connectivity index (χ0) is 14.5. The fraction of sp³-hybridized carbons (Fsp3) is 0.538. The van der Waals surface area contributed by atoms with Gasteiger partial charge in [0.1, 0.15) is 6.61 Å². The monoisotopic (exact) mass is 269 g/mol. The number of nitro benzene ring substituents is 1. The lowest BCUT2D eigenvalue weighted by molar-refractivity contribution is -0.386. The molecule has 1 aromatic rings. The molecule has 0 radical (unpaired) electrons. The third-order valence-electron chi connectivity index (χ3n) is 3.22. The molecule has 0 aliphatic rings. The van der Waals surface area contributed by atoms with Crippen LogP contribution < -0.4 is 4.74 Å². The normalized spacial score (nSPS) is 11.4. The Balaban J connectivity index is 2.95. The summed E-state index contributed by atoms with van der Waals surface area (Å²) in [4.78, 5) is 10.3. The van der Waals surface area contributed by atoms with Crippen molar-refractivity contribution < 1.29 is 19.9 Å². The number of rotatable bonds is 7. The number of ether oxygens (including phenoxy) is 1. The predicted molar refractivity (Wildman–Crippen MR) is 70.0 cm³/mol. The van der Waals surface area contributed by atoms with Gasteiger partial charge in [-0.15, -0.1) is 0 Å². The molecule has 0 amide bonds. The maximum absolute atomic E-state index is 10.9. The molecule has 0 heterocycles. The van der Waals surface area contributed by atoms with Crippen LogP contribution in [0.15, 0.2) is 18.2 Å². The number of hydrogen-bond acceptors (Lipinski definition) is 5. The molecule has 0 aromatic heterocycles. The van der Waals surface area contributed by atoms with Gasteiger partial charge in [-0.1, -0.05) is 13.8 Å². The summed E-state index contributed by atoms with van der Waals surface area (Å²) in [5, 5.41) is 30.0. The highest BCUT2D eigenvalue weighted by molar-refractivity contribution is 5.48. The van der Waals surface area contributed by atoms with Crippen LogP contribution in [0.2, 0.25) is 0 Å². The van der Waals surface area contributed by atoms with Crippen LogP contribution in [0.25, 0.3) is 0 Å². The van der Waals surface area contributed by atoms with E-state index in [4.69, 9.17) is 9.84 Å². The van der Waals surface area contributed by atoms with Crippen LogP contribution in [-0.2, 0) is 6.61 Å². The first-order valence-corrected chi connectivity index (χ1v) is 6.19. The number of benzene rings is 1. The van der Waals surface area contributed by atoms with Gasteiger partial charge in [0.05, 0.1) is 17.1 Å². The lowest BCUT2D eigenvalue weighted by atomic mass is 9.99. The van der Waals surface area contributed by atoms with Gasteiger partial charge in [-0.3, -0.25) is 10.1 Å². The number of aliphatic hydroxyl groups excluding tert-OH is 1. The number of nitro groups is 1. The van der Waals surface area contributed by atoms with Crippen LogP contribution in [0.1, 0.15) is 32.3 Å². The highest BCUT2D eigenvalue weighted by atomic mass is 16.6. The molecule has 0 saturated heterocycles. The van der Waals surface area contributed by atoms with Gasteiger partial charge in [0.25, 0.3) is 0 Å². The Morgan fingerprint density at radius 2 is 2.00 bits per heavy atom. The summed E-state index contributed by atoms with van der Waals surface area (Å²) in [5.74, 6) is 0.0666. The molecule has 6 heteroatoms. The van der Waals surface area contributed by atoms with Gasteiger partial charge in [-0.25, -0.2) is 0 Å². The molecular formula is C13H19NO5. The maximum Gasteiger partial charge on any atom is 0.310 e. The van der Waals surface area contributed by atoms with Gasteiger partial charge in [-0.2, -0.15) is 0 Å². The van der Waals surface area contributed by atoms with E-state index in [1.54, 1.807) is 0 Å². The largest absolute Gasteiger partial charge is 0.484 e. The standard InChI is InChI=1S/C13H19NO5/c1-3-13(16,4-2)9-19-12-7-10(8-15)5-6-11(12)14(17)18/h5-7,15-16H,3-4,8-9H2,1-2H3. The van der Waals surface area contributed by atoms with E-state index in [-0.39, 0.29) is 24.7 Å². The van der Waals surface area contributed by atoms with Crippen molar-refractivity contribution in [2.45, 2.75) is 38.9 Å². The smallest absolute Gasteiger partial charge is 0.310 e. The Labute approximate surface area is 111 Å². The molecule has 19 heavy (non-hydrogen) atoms. The first kappa shape index (κ1) is 15.4. The average Bonchev–Trinajstić information content (AvgIpc) is 2.44. The fourth-order valence-electron chi connectivity index (χ4n) is 1.59. The highest BCUT2D eigenvalue weighted by Crippen LogP contribution is 2.29. The van der Waals surface area contributed by atoms with E-state index < -0.39 is 10.5 Å². The van der Waals surface area contributed by atoms with Crippen molar-refractivity contribution >= 4 is 5.69 Å². The second kappa shape index (κ2) is 6.49. The first-order valence-electron chi connectivity index (χ1n) is 6.19. The van der Waals surface area contributed by atoms with Crippen molar-refractivity contribution in [3.8, 4) is 5.75 Å². The van der Waals surface area contributed by atoms with Crippen molar-refractivity contribution in [3.05, 3.63) is 33.9 Å². The second-order valence-corrected chi connectivity index (χ2v) is 4.44. The summed E-state index contributed by atoms with van der Waals surface area (Å²) in [5.41, 5.74) is -0.646. The summed E-state index contributed by atoms with van der Waals surface area (Å²) >= 11 is 0. The van der Waals surface area contributed by atoms with Crippen molar-refractivity contribution in [1.29, 1.82) is 0 Å². The summed E-state index contributed by atoms with van der Waals surface area (Å²) < 4.78 is 5.39. The summed E-state index contributed by atoms with van der Waals surface area (Å²) in [6.45, 7) is 3.41. The van der Waals surface area contributed by atoms with Gasteiger partial charge in [-0.05, 0) is 30.5 Å². The minimum atomic E-state index is -0.997. The molecule has 0 saturated carbocycles. The van der Waals surface area contributed by atoms with Crippen molar-refractivity contribution in [3.63, 3.8) is 0 Å². The topological polar surface area (TPSA) is 92.8 Å². The van der Waals surface area contributed by atoms with Crippen LogP contribution in [0.4, 0.5) is 5.69 Å². The Kier molecular flexibility index (Phi) is 5.26. The number of hydrogen-bond donors (Lipinski definition) is 2. The lowest BCUT2D eigenvalue weighted by Crippen LogP contribution is -2.34. The average molecular weight is 269 g/mol. The molecular weight excluding hydrogens is 250 g/mol. The van der Waals surface area contributed by atoms with Crippen molar-refractivity contribution in [2.75, 3.05) is 6.61 Å². The molecule has 0 aliphatic heterocycles. The third kappa shape index (κ3) is 3.90. The molecule has 0 atom stereocenters. The Morgan fingerprint density at radius 3 is 2.47 bits per heavy atom. The zero-order valence-corrected chi connectivity index (χ0v) is 11.1. The van der Waals surface area contributed by atoms with E-state index in [1.807, 2.05) is 13.8 Å². The lowest BCUT2D eigenvalue weighted by Gasteiger charge is -2.25. The molecule has 6 nitrogen and oxygen atoms in total. The molecule has 1 rings (SSSR count). The van der Waals surface area contributed by atoms with E-state index in [0.29, 0.717) is 18.4 Å². The number of nitrogens with zero attached hydrogens (tertiary/aromatic N) is 1. The second-order valence-electron chi connectivity index (χ2n) is 4.44. The van der Waals surface area contributed by atoms with Crippen molar-refractivity contribution in [2.24, 2.45) is 0 Å². The highest BCUT2D eigenvalue weighted by Gasteiger charge is 2.25. The van der Waals surface area contributed by atoms with Crippen LogP contribution in [-0.4, -0.2) is 27.3 Å². The molecule has 2 N–H and O–H groups in total. The van der Waals surface area contributed by atoms with E-state index >= 15 is 0 Å². The molecule has 0 spiro atoms. The summed E-state index contributed by atoms with van der Waals surface area (Å²) in [7, 11) is 0. The van der Waals surface area contributed by atoms with E-state index in [2.05, 4.69) is 0 Å². The Morgan fingerprint density at radius 1 is 1.37 bits per heavy atom. The Hall–Kier alpha value is -1.66. The maximum atomic E-state index is 10.9. The van der Waals surface area contributed by atoms with Gasteiger partial charge in [0.2, 0.25) is 0 Å². The van der Waals surface area contributed by atoms with Gasteiger partial charge in [0.15, 0.2) is 5.75 Å². The van der Waals surface area contributed by atoms with Gasteiger partial charge in [0, 0.05) is 6.07 Å². The minimum Gasteiger partial charge on any atom is -0.484 e. The fourth-order valence-corrected chi connectivity index (χ4v) is 1.59. The summed E-state index contributed by atoms with van der Waals surface area (Å²) in [6.07, 6.45) is 0.994. The molecule has 0 bridgehead atoms. The molecule has 0 unspecified atom stereocenters. The summed E-state index contributed by atoms with van der Waals surface area (Å²) in [6, 6.07) is 4.18. The Bertz CT molecular complexity index is 443. The molecule has 1 aromatic carbocycles. The SMILES string of the molecule is CCC(O)(CC)COc1cc(CO)ccc1[N+](=O)[O-]. The quantitative estimate of drug-likeness (QED) is 0.583. The predicted octanol–water partition coefficient (Wildman–Crippen LogP) is 2.02. The molecule has 0 aliphatic carbocycles. The first-order chi connectivity index (χ1) is 8.95. The van der Waals surface area contributed by atoms with Crippen LogP contribution >= 0.6 is 0 Å². The van der Waals surface area contributed by atoms with Crippen molar-refractivity contribution in [1.82, 2.24) is 0 Å². The van der Waals surface area contributed by atoms with Crippen LogP contribution in [0.3, 0.4) is 0 Å². The van der Waals surface area contributed by atoms with E-state index in [9.17, 15) is 15.2 Å². The zero-order valence-electron chi connectivity index (χ0n) is 11.1. The van der Waals surface area contributed by atoms with E-state index in [1.165, 1.54) is 18.2 Å².